The lowest BCUT2D eigenvalue weighted by atomic mass is 9.91. The summed E-state index contributed by atoms with van der Waals surface area (Å²) in [7, 11) is 0. The highest BCUT2D eigenvalue weighted by atomic mass is 79.9. The highest BCUT2D eigenvalue weighted by Gasteiger charge is 2.33. The maximum Gasteiger partial charge on any atom is 0.252 e. The molecule has 2 rings (SSSR count). The van der Waals surface area contributed by atoms with Gasteiger partial charge in [-0.2, -0.15) is 0 Å². The Hall–Kier alpha value is -0.390. The molecule has 0 aliphatic carbocycles. The summed E-state index contributed by atoms with van der Waals surface area (Å²) in [5, 5.41) is 3.93. The highest BCUT2D eigenvalue weighted by Crippen LogP contribution is 2.24. The third-order valence-corrected chi connectivity index (χ3v) is 5.08. The van der Waals surface area contributed by atoms with Crippen molar-refractivity contribution in [1.82, 2.24) is 5.32 Å². The molecule has 1 aromatic rings. The van der Waals surface area contributed by atoms with E-state index < -0.39 is 0 Å². The van der Waals surface area contributed by atoms with Crippen LogP contribution in [0.4, 0.5) is 0 Å². The zero-order chi connectivity index (χ0) is 13.9. The van der Waals surface area contributed by atoms with Gasteiger partial charge in [0, 0.05) is 28.6 Å². The third-order valence-electron chi connectivity index (χ3n) is 3.52. The standard InChI is InChI=1S/C14H17Br2NO2/c1-10-8-11(16)2-3-12(10)13(18)17-14(9-15)4-6-19-7-5-14/h2-3,8H,4-7,9H2,1H3,(H,17,18). The minimum Gasteiger partial charge on any atom is -0.381 e. The van der Waals surface area contributed by atoms with E-state index in [0.29, 0.717) is 13.2 Å². The minimum absolute atomic E-state index is 0.00801. The van der Waals surface area contributed by atoms with E-state index in [1.165, 1.54) is 0 Å². The Bertz CT molecular complexity index is 471. The lowest BCUT2D eigenvalue weighted by Gasteiger charge is -2.36. The number of halogens is 2. The Labute approximate surface area is 130 Å². The fraction of sp³-hybridized carbons (Fsp3) is 0.500. The van der Waals surface area contributed by atoms with Crippen molar-refractivity contribution in [2.75, 3.05) is 18.5 Å². The summed E-state index contributed by atoms with van der Waals surface area (Å²) >= 11 is 6.93. The van der Waals surface area contributed by atoms with Crippen LogP contribution in [0.15, 0.2) is 22.7 Å². The first kappa shape index (κ1) is 15.0. The number of aryl methyl sites for hydroxylation is 1. The highest BCUT2D eigenvalue weighted by molar-refractivity contribution is 9.10. The molecule has 1 fully saturated rings. The molecule has 0 bridgehead atoms. The van der Waals surface area contributed by atoms with Gasteiger partial charge in [-0.05, 0) is 43.5 Å². The zero-order valence-electron chi connectivity index (χ0n) is 10.8. The van der Waals surface area contributed by atoms with Gasteiger partial charge < -0.3 is 10.1 Å². The first-order valence-electron chi connectivity index (χ1n) is 6.29. The van der Waals surface area contributed by atoms with Gasteiger partial charge in [-0.25, -0.2) is 0 Å². The molecule has 19 heavy (non-hydrogen) atoms. The van der Waals surface area contributed by atoms with Gasteiger partial charge in [-0.1, -0.05) is 31.9 Å². The lowest BCUT2D eigenvalue weighted by molar-refractivity contribution is 0.0441. The summed E-state index contributed by atoms with van der Waals surface area (Å²) in [6.45, 7) is 3.35. The molecular formula is C14H17Br2NO2. The first-order valence-corrected chi connectivity index (χ1v) is 8.20. The Morgan fingerprint density at radius 2 is 2.11 bits per heavy atom. The molecule has 0 atom stereocenters. The van der Waals surface area contributed by atoms with Crippen LogP contribution in [0.25, 0.3) is 0 Å². The monoisotopic (exact) mass is 389 g/mol. The van der Waals surface area contributed by atoms with Crippen molar-refractivity contribution >= 4 is 37.8 Å². The van der Waals surface area contributed by atoms with Gasteiger partial charge in [0.25, 0.3) is 5.91 Å². The molecule has 1 heterocycles. The summed E-state index contributed by atoms with van der Waals surface area (Å²) in [5.41, 5.74) is 1.52. The maximum atomic E-state index is 12.4. The molecule has 1 saturated heterocycles. The van der Waals surface area contributed by atoms with Crippen molar-refractivity contribution < 1.29 is 9.53 Å². The fourth-order valence-corrected chi connectivity index (χ4v) is 3.42. The van der Waals surface area contributed by atoms with Crippen LogP contribution in [0, 0.1) is 6.92 Å². The average Bonchev–Trinajstić information content (AvgIpc) is 2.39. The van der Waals surface area contributed by atoms with Crippen molar-refractivity contribution in [3.8, 4) is 0 Å². The SMILES string of the molecule is Cc1cc(Br)ccc1C(=O)NC1(CBr)CCOCC1. The maximum absolute atomic E-state index is 12.4. The van der Waals surface area contributed by atoms with E-state index >= 15 is 0 Å². The van der Waals surface area contributed by atoms with Crippen LogP contribution in [-0.2, 0) is 4.74 Å². The van der Waals surface area contributed by atoms with Crippen LogP contribution in [-0.4, -0.2) is 30.0 Å². The molecule has 5 heteroatoms. The molecular weight excluding hydrogens is 374 g/mol. The number of carbonyl (C=O) groups is 1. The second-order valence-electron chi connectivity index (χ2n) is 4.94. The number of carbonyl (C=O) groups excluding carboxylic acids is 1. The predicted molar refractivity (Wildman–Crippen MR) is 82.9 cm³/mol. The number of nitrogens with one attached hydrogen (secondary N) is 1. The van der Waals surface area contributed by atoms with Gasteiger partial charge >= 0.3 is 0 Å². The largest absolute Gasteiger partial charge is 0.381 e. The summed E-state index contributed by atoms with van der Waals surface area (Å²) < 4.78 is 6.36. The molecule has 0 spiro atoms. The second kappa shape index (κ2) is 6.37. The van der Waals surface area contributed by atoms with E-state index in [4.69, 9.17) is 4.74 Å². The molecule has 0 saturated carbocycles. The number of hydrogen-bond acceptors (Lipinski definition) is 2. The van der Waals surface area contributed by atoms with Gasteiger partial charge in [0.1, 0.15) is 0 Å². The normalized spacial score (nSPS) is 18.1. The predicted octanol–water partition coefficient (Wildman–Crippen LogP) is 3.43. The number of benzene rings is 1. The summed E-state index contributed by atoms with van der Waals surface area (Å²) in [6, 6.07) is 5.71. The molecule has 1 N–H and O–H groups in total. The van der Waals surface area contributed by atoms with Crippen LogP contribution in [0.1, 0.15) is 28.8 Å². The topological polar surface area (TPSA) is 38.3 Å². The number of hydrogen-bond donors (Lipinski definition) is 1. The molecule has 1 amide bonds. The van der Waals surface area contributed by atoms with Gasteiger partial charge in [-0.15, -0.1) is 0 Å². The fourth-order valence-electron chi connectivity index (χ4n) is 2.24. The van der Waals surface area contributed by atoms with Gasteiger partial charge in [0.05, 0.1) is 5.54 Å². The molecule has 1 aliphatic heterocycles. The number of amides is 1. The van der Waals surface area contributed by atoms with E-state index in [2.05, 4.69) is 37.2 Å². The lowest BCUT2D eigenvalue weighted by Crippen LogP contribution is -2.53. The smallest absolute Gasteiger partial charge is 0.252 e. The molecule has 0 radical (unpaired) electrons. The minimum atomic E-state index is -0.186. The molecule has 0 unspecified atom stereocenters. The van der Waals surface area contributed by atoms with E-state index in [1.807, 2.05) is 25.1 Å². The van der Waals surface area contributed by atoms with Crippen molar-refractivity contribution in [1.29, 1.82) is 0 Å². The Kier molecular flexibility index (Phi) is 5.03. The zero-order valence-corrected chi connectivity index (χ0v) is 14.0. The number of rotatable bonds is 3. The summed E-state index contributed by atoms with van der Waals surface area (Å²) in [6.07, 6.45) is 1.69. The Balaban J connectivity index is 2.15. The average molecular weight is 391 g/mol. The second-order valence-corrected chi connectivity index (χ2v) is 6.42. The number of ether oxygens (including phenoxy) is 1. The van der Waals surface area contributed by atoms with E-state index in [0.717, 1.165) is 33.8 Å². The molecule has 1 aliphatic rings. The van der Waals surface area contributed by atoms with E-state index in [9.17, 15) is 4.79 Å². The van der Waals surface area contributed by atoms with Crippen molar-refractivity contribution in [2.24, 2.45) is 0 Å². The summed E-state index contributed by atoms with van der Waals surface area (Å²) in [5.74, 6) is -0.00801. The molecule has 104 valence electrons. The van der Waals surface area contributed by atoms with Crippen LogP contribution in [0.5, 0.6) is 0 Å². The van der Waals surface area contributed by atoms with Crippen LogP contribution < -0.4 is 5.32 Å². The van der Waals surface area contributed by atoms with E-state index in [-0.39, 0.29) is 11.4 Å². The van der Waals surface area contributed by atoms with E-state index in [1.54, 1.807) is 0 Å². The molecule has 0 aromatic heterocycles. The molecule has 3 nitrogen and oxygen atoms in total. The summed E-state index contributed by atoms with van der Waals surface area (Å²) in [4.78, 5) is 12.4. The van der Waals surface area contributed by atoms with Crippen molar-refractivity contribution in [3.63, 3.8) is 0 Å². The van der Waals surface area contributed by atoms with Crippen LogP contribution >= 0.6 is 31.9 Å². The van der Waals surface area contributed by atoms with Gasteiger partial charge in [-0.3, -0.25) is 4.79 Å². The third kappa shape index (κ3) is 3.58. The van der Waals surface area contributed by atoms with Gasteiger partial charge in [0.15, 0.2) is 0 Å². The number of alkyl halides is 1. The van der Waals surface area contributed by atoms with Crippen molar-refractivity contribution in [2.45, 2.75) is 25.3 Å². The van der Waals surface area contributed by atoms with Crippen LogP contribution in [0.2, 0.25) is 0 Å². The quantitative estimate of drug-likeness (QED) is 0.803. The molecule has 1 aromatic carbocycles. The van der Waals surface area contributed by atoms with Crippen molar-refractivity contribution in [3.05, 3.63) is 33.8 Å². The first-order chi connectivity index (χ1) is 9.06. The van der Waals surface area contributed by atoms with Crippen LogP contribution in [0.3, 0.4) is 0 Å². The Morgan fingerprint density at radius 3 is 2.68 bits per heavy atom. The Morgan fingerprint density at radius 1 is 1.42 bits per heavy atom. The van der Waals surface area contributed by atoms with Gasteiger partial charge in [0.2, 0.25) is 0 Å².